The SMILES string of the molecule is Cc1cc(C)cc(N(C)C(=O)c2ccc(CC(=O)Cc3ccc(C(F)(F)CO)cc3)cc2)c1. The lowest BCUT2D eigenvalue weighted by molar-refractivity contribution is -0.117. The van der Waals surface area contributed by atoms with E-state index in [9.17, 15) is 18.4 Å². The third-order valence-corrected chi connectivity index (χ3v) is 5.48. The van der Waals surface area contributed by atoms with Crippen LogP contribution in [0.1, 0.15) is 38.2 Å². The molecule has 0 unspecified atom stereocenters. The molecule has 0 saturated heterocycles. The van der Waals surface area contributed by atoms with Crippen LogP contribution in [0.15, 0.2) is 66.7 Å². The van der Waals surface area contributed by atoms with Gasteiger partial charge in [-0.25, -0.2) is 0 Å². The van der Waals surface area contributed by atoms with E-state index >= 15 is 0 Å². The van der Waals surface area contributed by atoms with Gasteiger partial charge in [-0.05, 0) is 60.4 Å². The maximum Gasteiger partial charge on any atom is 0.295 e. The summed E-state index contributed by atoms with van der Waals surface area (Å²) in [6.45, 7) is 2.71. The average molecular weight is 452 g/mol. The Hall–Kier alpha value is -3.38. The predicted molar refractivity (Wildman–Crippen MR) is 125 cm³/mol. The topological polar surface area (TPSA) is 57.6 Å². The van der Waals surface area contributed by atoms with E-state index in [0.29, 0.717) is 11.1 Å². The summed E-state index contributed by atoms with van der Waals surface area (Å²) in [6, 6.07) is 18.3. The number of carbonyl (C=O) groups is 2. The van der Waals surface area contributed by atoms with Gasteiger partial charge >= 0.3 is 0 Å². The van der Waals surface area contributed by atoms with Crippen molar-refractivity contribution in [2.24, 2.45) is 0 Å². The first-order valence-electron chi connectivity index (χ1n) is 10.6. The largest absolute Gasteiger partial charge is 0.390 e. The molecule has 3 rings (SSSR count). The molecule has 0 aliphatic heterocycles. The van der Waals surface area contributed by atoms with Gasteiger partial charge in [0, 0.05) is 36.7 Å². The van der Waals surface area contributed by atoms with Crippen LogP contribution in [-0.2, 0) is 23.6 Å². The van der Waals surface area contributed by atoms with Crippen molar-refractivity contribution in [3.63, 3.8) is 0 Å². The Balaban J connectivity index is 1.62. The minimum atomic E-state index is -3.30. The Bertz CT molecular complexity index is 1120. The normalized spacial score (nSPS) is 11.3. The molecule has 0 aromatic heterocycles. The summed E-state index contributed by atoms with van der Waals surface area (Å²) >= 11 is 0. The fourth-order valence-electron chi connectivity index (χ4n) is 3.70. The third-order valence-electron chi connectivity index (χ3n) is 5.48. The molecule has 0 aliphatic carbocycles. The minimum Gasteiger partial charge on any atom is -0.390 e. The van der Waals surface area contributed by atoms with Crippen molar-refractivity contribution in [2.75, 3.05) is 18.6 Å². The lowest BCUT2D eigenvalue weighted by atomic mass is 9.99. The van der Waals surface area contributed by atoms with Crippen LogP contribution in [-0.4, -0.2) is 30.5 Å². The Morgan fingerprint density at radius 2 is 1.33 bits per heavy atom. The van der Waals surface area contributed by atoms with E-state index in [1.165, 1.54) is 24.3 Å². The fourth-order valence-corrected chi connectivity index (χ4v) is 3.70. The minimum absolute atomic E-state index is 0.0666. The number of aliphatic hydroxyl groups is 1. The second-order valence-electron chi connectivity index (χ2n) is 8.36. The van der Waals surface area contributed by atoms with Crippen LogP contribution in [0, 0.1) is 13.8 Å². The molecular formula is C27H27F2NO3. The average Bonchev–Trinajstić information content (AvgIpc) is 2.78. The van der Waals surface area contributed by atoms with E-state index in [-0.39, 0.29) is 30.1 Å². The van der Waals surface area contributed by atoms with Gasteiger partial charge in [0.15, 0.2) is 0 Å². The number of carbonyl (C=O) groups excluding carboxylic acids is 2. The first-order chi connectivity index (χ1) is 15.6. The summed E-state index contributed by atoms with van der Waals surface area (Å²) in [5.41, 5.74) is 4.61. The molecular weight excluding hydrogens is 424 g/mol. The zero-order valence-electron chi connectivity index (χ0n) is 18.9. The monoisotopic (exact) mass is 451 g/mol. The molecule has 1 N–H and O–H groups in total. The lowest BCUT2D eigenvalue weighted by Crippen LogP contribution is -2.26. The van der Waals surface area contributed by atoms with Gasteiger partial charge in [-0.1, -0.05) is 42.5 Å². The molecule has 6 heteroatoms. The van der Waals surface area contributed by atoms with E-state index in [1.54, 1.807) is 36.2 Å². The maximum atomic E-state index is 13.5. The van der Waals surface area contributed by atoms with Gasteiger partial charge in [-0.2, -0.15) is 8.78 Å². The van der Waals surface area contributed by atoms with Crippen molar-refractivity contribution in [1.29, 1.82) is 0 Å². The smallest absolute Gasteiger partial charge is 0.295 e. The number of nitrogens with zero attached hydrogens (tertiary/aromatic N) is 1. The van der Waals surface area contributed by atoms with Crippen LogP contribution >= 0.6 is 0 Å². The van der Waals surface area contributed by atoms with Gasteiger partial charge in [0.2, 0.25) is 0 Å². The number of alkyl halides is 2. The van der Waals surface area contributed by atoms with Gasteiger partial charge in [0.1, 0.15) is 12.4 Å². The van der Waals surface area contributed by atoms with Gasteiger partial charge in [-0.15, -0.1) is 0 Å². The number of amides is 1. The van der Waals surface area contributed by atoms with Crippen molar-refractivity contribution >= 4 is 17.4 Å². The number of Topliss-reactive ketones (excluding diaryl/α,β-unsaturated/α-hetero) is 1. The molecule has 172 valence electrons. The van der Waals surface area contributed by atoms with Crippen LogP contribution in [0.25, 0.3) is 0 Å². The van der Waals surface area contributed by atoms with Gasteiger partial charge in [0.05, 0.1) is 0 Å². The zero-order chi connectivity index (χ0) is 24.2. The summed E-state index contributed by atoms with van der Waals surface area (Å²) in [4.78, 5) is 26.9. The summed E-state index contributed by atoms with van der Waals surface area (Å²) in [5.74, 6) is -3.51. The van der Waals surface area contributed by atoms with Crippen LogP contribution in [0.3, 0.4) is 0 Å². The molecule has 0 aliphatic rings. The molecule has 0 heterocycles. The first kappa shape index (κ1) is 24.3. The highest BCUT2D eigenvalue weighted by atomic mass is 19.3. The van der Waals surface area contributed by atoms with E-state index in [1.807, 2.05) is 32.0 Å². The maximum absolute atomic E-state index is 13.5. The molecule has 0 radical (unpaired) electrons. The Labute approximate surface area is 192 Å². The van der Waals surface area contributed by atoms with E-state index in [4.69, 9.17) is 5.11 Å². The number of hydrogen-bond acceptors (Lipinski definition) is 3. The van der Waals surface area contributed by atoms with Crippen LogP contribution in [0.4, 0.5) is 14.5 Å². The highest BCUT2D eigenvalue weighted by Gasteiger charge is 2.30. The summed E-state index contributed by atoms with van der Waals surface area (Å²) < 4.78 is 27.0. The summed E-state index contributed by atoms with van der Waals surface area (Å²) in [6.07, 6.45) is 0.289. The molecule has 0 fully saturated rings. The highest BCUT2D eigenvalue weighted by Crippen LogP contribution is 2.27. The van der Waals surface area contributed by atoms with Gasteiger partial charge < -0.3 is 10.0 Å². The zero-order valence-corrected chi connectivity index (χ0v) is 18.9. The van der Waals surface area contributed by atoms with Crippen molar-refractivity contribution in [2.45, 2.75) is 32.6 Å². The van der Waals surface area contributed by atoms with Crippen molar-refractivity contribution in [3.05, 3.63) is 100 Å². The number of ketones is 1. The number of aliphatic hydroxyl groups excluding tert-OH is 1. The standard InChI is InChI=1S/C27H27F2NO3/c1-18-12-19(2)14-24(13-18)30(3)26(33)22-8-4-20(5-9-22)15-25(32)16-21-6-10-23(11-7-21)27(28,29)17-31/h4-14,31H,15-17H2,1-3H3. The molecule has 0 saturated carbocycles. The van der Waals surface area contributed by atoms with Gasteiger partial charge in [-0.3, -0.25) is 9.59 Å². The molecule has 4 nitrogen and oxygen atoms in total. The number of hydrogen-bond donors (Lipinski definition) is 1. The van der Waals surface area contributed by atoms with Crippen LogP contribution in [0.2, 0.25) is 0 Å². The van der Waals surface area contributed by atoms with E-state index in [2.05, 4.69) is 0 Å². The van der Waals surface area contributed by atoms with Crippen molar-refractivity contribution in [3.8, 4) is 0 Å². The lowest BCUT2D eigenvalue weighted by Gasteiger charge is -2.19. The number of rotatable bonds is 8. The first-order valence-corrected chi connectivity index (χ1v) is 10.6. The quantitative estimate of drug-likeness (QED) is 0.523. The second kappa shape index (κ2) is 10.0. The Morgan fingerprint density at radius 3 is 1.82 bits per heavy atom. The highest BCUT2D eigenvalue weighted by molar-refractivity contribution is 6.05. The van der Waals surface area contributed by atoms with Gasteiger partial charge in [0.25, 0.3) is 11.8 Å². The molecule has 0 atom stereocenters. The van der Waals surface area contributed by atoms with E-state index in [0.717, 1.165) is 22.4 Å². The molecule has 3 aromatic carbocycles. The number of aryl methyl sites for hydroxylation is 2. The number of benzene rings is 3. The third kappa shape index (κ3) is 6.11. The fraction of sp³-hybridized carbons (Fsp3) is 0.259. The number of anilines is 1. The van der Waals surface area contributed by atoms with Crippen LogP contribution < -0.4 is 4.90 Å². The molecule has 0 spiro atoms. The predicted octanol–water partition coefficient (Wildman–Crippen LogP) is 5.02. The Kier molecular flexibility index (Phi) is 7.39. The molecule has 33 heavy (non-hydrogen) atoms. The number of halogens is 2. The Morgan fingerprint density at radius 1 is 0.848 bits per heavy atom. The molecule has 0 bridgehead atoms. The second-order valence-corrected chi connectivity index (χ2v) is 8.36. The molecule has 1 amide bonds. The molecule has 3 aromatic rings. The van der Waals surface area contributed by atoms with Crippen molar-refractivity contribution in [1.82, 2.24) is 0 Å². The summed E-state index contributed by atoms with van der Waals surface area (Å²) in [7, 11) is 1.73. The van der Waals surface area contributed by atoms with Crippen molar-refractivity contribution < 1.29 is 23.5 Å². The summed E-state index contributed by atoms with van der Waals surface area (Å²) in [5, 5.41) is 8.76. The van der Waals surface area contributed by atoms with E-state index < -0.39 is 12.5 Å². The van der Waals surface area contributed by atoms with Crippen LogP contribution in [0.5, 0.6) is 0 Å².